The van der Waals surface area contributed by atoms with Gasteiger partial charge in [0, 0.05) is 5.56 Å². The number of imidazole rings is 1. The smallest absolute Gasteiger partial charge is 0.376 e. The van der Waals surface area contributed by atoms with Gasteiger partial charge in [-0.1, -0.05) is 36.3 Å². The second-order valence-electron chi connectivity index (χ2n) is 6.74. The molecule has 4 aromatic rings. The second kappa shape index (κ2) is 8.55. The van der Waals surface area contributed by atoms with Crippen molar-refractivity contribution < 1.29 is 14.3 Å². The van der Waals surface area contributed by atoms with E-state index in [4.69, 9.17) is 15.2 Å². The van der Waals surface area contributed by atoms with Gasteiger partial charge in [0.15, 0.2) is 5.82 Å². The van der Waals surface area contributed by atoms with Crippen molar-refractivity contribution in [2.45, 2.75) is 13.5 Å². The molecule has 8 heteroatoms. The molecule has 2 aromatic heterocycles. The van der Waals surface area contributed by atoms with E-state index in [1.165, 1.54) is 10.8 Å². The maximum atomic E-state index is 12.7. The van der Waals surface area contributed by atoms with E-state index in [9.17, 15) is 4.79 Å². The highest BCUT2D eigenvalue weighted by molar-refractivity contribution is 5.89. The number of aromatic nitrogens is 4. The van der Waals surface area contributed by atoms with E-state index in [0.29, 0.717) is 11.3 Å². The summed E-state index contributed by atoms with van der Waals surface area (Å²) in [6, 6.07) is 15.0. The van der Waals surface area contributed by atoms with Gasteiger partial charge in [0.1, 0.15) is 29.9 Å². The molecule has 2 heterocycles. The van der Waals surface area contributed by atoms with Crippen LogP contribution in [0.1, 0.15) is 33.0 Å². The average molecular weight is 413 g/mol. The molecule has 0 fully saturated rings. The Morgan fingerprint density at radius 3 is 2.74 bits per heavy atom. The number of aryl methyl sites for hydroxylation is 1. The molecule has 31 heavy (non-hydrogen) atoms. The third-order valence-electron chi connectivity index (χ3n) is 4.47. The molecule has 2 aromatic carbocycles. The van der Waals surface area contributed by atoms with E-state index in [-0.39, 0.29) is 23.9 Å². The number of esters is 1. The lowest BCUT2D eigenvalue weighted by Gasteiger charge is -2.03. The molecule has 0 bridgehead atoms. The van der Waals surface area contributed by atoms with Crippen molar-refractivity contribution >= 4 is 17.3 Å². The number of carbonyl (C=O) groups excluding carboxylic acids is 1. The van der Waals surface area contributed by atoms with Crippen LogP contribution in [0.5, 0.6) is 5.75 Å². The number of anilines is 1. The number of hydrogen-bond acceptors (Lipinski definition) is 7. The van der Waals surface area contributed by atoms with E-state index < -0.39 is 5.97 Å². The van der Waals surface area contributed by atoms with Crippen LogP contribution < -0.4 is 10.5 Å². The molecule has 0 atom stereocenters. The molecule has 0 aliphatic rings. The van der Waals surface area contributed by atoms with E-state index >= 15 is 0 Å². The van der Waals surface area contributed by atoms with Crippen LogP contribution in [0.3, 0.4) is 0 Å². The first-order chi connectivity index (χ1) is 15.0. The number of benzene rings is 2. The summed E-state index contributed by atoms with van der Waals surface area (Å²) >= 11 is 0. The lowest BCUT2D eigenvalue weighted by Crippen LogP contribution is -2.12. The molecule has 8 nitrogen and oxygen atoms in total. The van der Waals surface area contributed by atoms with Crippen LogP contribution in [0.25, 0.3) is 5.52 Å². The highest BCUT2D eigenvalue weighted by Gasteiger charge is 2.21. The number of ether oxygens (including phenoxy) is 2. The zero-order valence-corrected chi connectivity index (χ0v) is 17.0. The van der Waals surface area contributed by atoms with Gasteiger partial charge in [-0.2, -0.15) is 5.10 Å². The van der Waals surface area contributed by atoms with Crippen LogP contribution in [0.4, 0.5) is 5.82 Å². The Bertz CT molecular complexity index is 1320. The minimum absolute atomic E-state index is 0.0221. The maximum Gasteiger partial charge on any atom is 0.376 e. The number of rotatable bonds is 4. The molecule has 0 aliphatic heterocycles. The number of hydrogen-bond donors (Lipinski definition) is 1. The summed E-state index contributed by atoms with van der Waals surface area (Å²) in [5.41, 5.74) is 9.26. The zero-order valence-electron chi connectivity index (χ0n) is 17.0. The summed E-state index contributed by atoms with van der Waals surface area (Å²) in [4.78, 5) is 21.0. The van der Waals surface area contributed by atoms with Gasteiger partial charge >= 0.3 is 5.97 Å². The monoisotopic (exact) mass is 413 g/mol. The quantitative estimate of drug-likeness (QED) is 0.405. The number of methoxy groups -OCH3 is 1. The largest absolute Gasteiger partial charge is 0.497 e. The van der Waals surface area contributed by atoms with Crippen LogP contribution in [0.2, 0.25) is 0 Å². The van der Waals surface area contributed by atoms with Gasteiger partial charge in [0.25, 0.3) is 0 Å². The molecule has 0 saturated carbocycles. The molecular weight excluding hydrogens is 394 g/mol. The van der Waals surface area contributed by atoms with Crippen LogP contribution >= 0.6 is 0 Å². The molecule has 0 amide bonds. The fourth-order valence-electron chi connectivity index (χ4n) is 3.03. The molecule has 0 saturated heterocycles. The SMILES string of the molecule is COc1cc(C)cc(C#Cc2nc(C(=O)OCc3ccccc3)n3ncnc(N)c23)c1. The summed E-state index contributed by atoms with van der Waals surface area (Å²) in [7, 11) is 1.60. The summed E-state index contributed by atoms with van der Waals surface area (Å²) < 4.78 is 12.0. The van der Waals surface area contributed by atoms with Crippen LogP contribution in [-0.4, -0.2) is 32.7 Å². The van der Waals surface area contributed by atoms with Gasteiger partial charge < -0.3 is 15.2 Å². The van der Waals surface area contributed by atoms with Crippen molar-refractivity contribution in [3.8, 4) is 17.6 Å². The average Bonchev–Trinajstić information content (AvgIpc) is 3.16. The second-order valence-corrected chi connectivity index (χ2v) is 6.74. The third-order valence-corrected chi connectivity index (χ3v) is 4.47. The minimum atomic E-state index is -0.637. The standard InChI is InChI=1S/C23H19N5O3/c1-15-10-17(12-18(11-15)30-2)8-9-19-20-21(24)25-14-26-28(20)22(27-19)23(29)31-13-16-6-4-3-5-7-16/h3-7,10-12,14H,13H2,1-2H3,(H2,24,25,26). The molecule has 0 spiro atoms. The Balaban J connectivity index is 1.69. The summed E-state index contributed by atoms with van der Waals surface area (Å²) in [5.74, 6) is 6.21. The topological polar surface area (TPSA) is 105 Å². The van der Waals surface area contributed by atoms with E-state index in [1.54, 1.807) is 7.11 Å². The van der Waals surface area contributed by atoms with Gasteiger partial charge in [-0.3, -0.25) is 0 Å². The third kappa shape index (κ3) is 4.31. The van der Waals surface area contributed by atoms with E-state index in [0.717, 1.165) is 16.7 Å². The first-order valence-electron chi connectivity index (χ1n) is 9.43. The molecule has 0 radical (unpaired) electrons. The number of carbonyl (C=O) groups is 1. The molecule has 4 rings (SSSR count). The van der Waals surface area contributed by atoms with Crippen molar-refractivity contribution in [2.24, 2.45) is 0 Å². The lowest BCUT2D eigenvalue weighted by molar-refractivity contribution is 0.0455. The Kier molecular flexibility index (Phi) is 5.49. The summed E-state index contributed by atoms with van der Waals surface area (Å²) in [6.45, 7) is 2.06. The van der Waals surface area contributed by atoms with Gasteiger partial charge in [-0.15, -0.1) is 0 Å². The molecule has 0 aliphatic carbocycles. The van der Waals surface area contributed by atoms with Gasteiger partial charge in [-0.25, -0.2) is 19.3 Å². The zero-order chi connectivity index (χ0) is 21.8. The van der Waals surface area contributed by atoms with Gasteiger partial charge in [-0.05, 0) is 42.2 Å². The Labute approximate surface area is 178 Å². The first kappa shape index (κ1) is 19.9. The fourth-order valence-corrected chi connectivity index (χ4v) is 3.03. The Hall–Kier alpha value is -4.38. The Morgan fingerprint density at radius 1 is 1.16 bits per heavy atom. The number of fused-ring (bicyclic) bond motifs is 1. The van der Waals surface area contributed by atoms with Crippen LogP contribution in [-0.2, 0) is 11.3 Å². The van der Waals surface area contributed by atoms with Crippen molar-refractivity contribution in [2.75, 3.05) is 12.8 Å². The van der Waals surface area contributed by atoms with Crippen molar-refractivity contribution in [1.29, 1.82) is 0 Å². The predicted octanol–water partition coefficient (Wildman–Crippen LogP) is 2.78. The minimum Gasteiger partial charge on any atom is -0.497 e. The molecule has 154 valence electrons. The number of nitrogen functional groups attached to an aromatic ring is 1. The number of nitrogens with zero attached hydrogens (tertiary/aromatic N) is 4. The summed E-state index contributed by atoms with van der Waals surface area (Å²) in [5, 5.41) is 4.11. The van der Waals surface area contributed by atoms with Gasteiger partial charge in [0.05, 0.1) is 7.11 Å². The summed E-state index contributed by atoms with van der Waals surface area (Å²) in [6.07, 6.45) is 1.25. The Morgan fingerprint density at radius 2 is 1.97 bits per heavy atom. The van der Waals surface area contributed by atoms with E-state index in [2.05, 4.69) is 26.9 Å². The predicted molar refractivity (Wildman–Crippen MR) is 114 cm³/mol. The first-order valence-corrected chi connectivity index (χ1v) is 9.43. The van der Waals surface area contributed by atoms with Gasteiger partial charge in [0.2, 0.25) is 5.82 Å². The van der Waals surface area contributed by atoms with Crippen molar-refractivity contribution in [3.05, 3.63) is 83.1 Å². The van der Waals surface area contributed by atoms with Crippen LogP contribution in [0, 0.1) is 18.8 Å². The highest BCUT2D eigenvalue weighted by Crippen LogP contribution is 2.19. The van der Waals surface area contributed by atoms with Crippen molar-refractivity contribution in [3.63, 3.8) is 0 Å². The highest BCUT2D eigenvalue weighted by atomic mass is 16.5. The van der Waals surface area contributed by atoms with Crippen LogP contribution in [0.15, 0.2) is 54.9 Å². The van der Waals surface area contributed by atoms with Crippen molar-refractivity contribution in [1.82, 2.24) is 19.6 Å². The fraction of sp³-hybridized carbons (Fsp3) is 0.130. The normalized spacial score (nSPS) is 10.4. The molecular formula is C23H19N5O3. The number of nitrogens with two attached hydrogens (primary N) is 1. The maximum absolute atomic E-state index is 12.7. The molecule has 2 N–H and O–H groups in total. The lowest BCUT2D eigenvalue weighted by atomic mass is 10.1. The molecule has 0 unspecified atom stereocenters. The van der Waals surface area contributed by atoms with E-state index in [1.807, 2.05) is 55.5 Å².